The van der Waals surface area contributed by atoms with Crippen LogP contribution in [-0.4, -0.2) is 19.3 Å². The van der Waals surface area contributed by atoms with Crippen molar-refractivity contribution in [1.29, 1.82) is 0 Å². The summed E-state index contributed by atoms with van der Waals surface area (Å²) in [6.45, 7) is 0.771. The number of hydrogen-bond donors (Lipinski definition) is 0. The van der Waals surface area contributed by atoms with Crippen LogP contribution in [0.1, 0.15) is 11.1 Å². The highest BCUT2D eigenvalue weighted by Gasteiger charge is 2.16. The molecule has 4 rings (SSSR count). The van der Waals surface area contributed by atoms with Gasteiger partial charge in [-0.15, -0.1) is 0 Å². The van der Waals surface area contributed by atoms with E-state index in [4.69, 9.17) is 14.2 Å². The summed E-state index contributed by atoms with van der Waals surface area (Å²) >= 11 is 0. The minimum absolute atomic E-state index is 0.286. The number of ether oxygens (including phenoxy) is 3. The fourth-order valence-electron chi connectivity index (χ4n) is 2.34. The van der Waals surface area contributed by atoms with Crippen LogP contribution in [-0.2, 0) is 4.74 Å². The third kappa shape index (κ3) is 2.36. The fourth-order valence-corrected chi connectivity index (χ4v) is 2.34. The molecule has 0 N–H and O–H groups in total. The summed E-state index contributed by atoms with van der Waals surface area (Å²) in [6, 6.07) is 15.7. The number of hydrogen-bond acceptors (Lipinski definition) is 4. The normalized spacial score (nSPS) is 17.7. The molecule has 4 nitrogen and oxygen atoms in total. The van der Waals surface area contributed by atoms with E-state index in [0.29, 0.717) is 12.5 Å². The molecule has 0 unspecified atom stereocenters. The average molecular weight is 279 g/mol. The molecule has 2 aromatic rings. The predicted octanol–water partition coefficient (Wildman–Crippen LogP) is 3.23. The van der Waals surface area contributed by atoms with Crippen LogP contribution in [0.15, 0.2) is 59.2 Å². The maximum Gasteiger partial charge on any atom is 0.231 e. The number of benzene rings is 2. The highest BCUT2D eigenvalue weighted by atomic mass is 16.7. The van der Waals surface area contributed by atoms with Gasteiger partial charge in [-0.25, -0.2) is 4.99 Å². The number of nitrogens with zero attached hydrogens (tertiary/aromatic N) is 1. The molecule has 104 valence electrons. The van der Waals surface area contributed by atoms with Gasteiger partial charge in [-0.3, -0.25) is 0 Å². The number of rotatable bonds is 2. The lowest BCUT2D eigenvalue weighted by atomic mass is 10.1. The molecule has 2 aliphatic rings. The minimum atomic E-state index is 0.286. The van der Waals surface area contributed by atoms with Crippen molar-refractivity contribution in [1.82, 2.24) is 0 Å². The van der Waals surface area contributed by atoms with Crippen LogP contribution in [0.25, 0.3) is 6.08 Å². The van der Waals surface area contributed by atoms with Gasteiger partial charge in [-0.2, -0.15) is 0 Å². The molecule has 0 aliphatic carbocycles. The van der Waals surface area contributed by atoms with Crippen molar-refractivity contribution in [2.45, 2.75) is 0 Å². The maximum absolute atomic E-state index is 5.64. The van der Waals surface area contributed by atoms with Gasteiger partial charge in [0.2, 0.25) is 12.7 Å². The summed E-state index contributed by atoms with van der Waals surface area (Å²) in [7, 11) is 0. The Morgan fingerprint density at radius 2 is 1.76 bits per heavy atom. The Balaban J connectivity index is 1.61. The van der Waals surface area contributed by atoms with Gasteiger partial charge in [0.1, 0.15) is 6.61 Å². The molecule has 0 radical (unpaired) electrons. The molecule has 2 aliphatic heterocycles. The maximum atomic E-state index is 5.64. The molecule has 0 atom stereocenters. The van der Waals surface area contributed by atoms with Crippen LogP contribution in [0, 0.1) is 0 Å². The first kappa shape index (κ1) is 12.0. The molecule has 0 aromatic heterocycles. The molecular weight excluding hydrogens is 266 g/mol. The Kier molecular flexibility index (Phi) is 2.85. The van der Waals surface area contributed by atoms with Crippen LogP contribution in [0.4, 0.5) is 0 Å². The highest BCUT2D eigenvalue weighted by molar-refractivity contribution is 5.96. The van der Waals surface area contributed by atoms with E-state index >= 15 is 0 Å². The van der Waals surface area contributed by atoms with Crippen LogP contribution in [0.3, 0.4) is 0 Å². The first-order valence-electron chi connectivity index (χ1n) is 6.76. The van der Waals surface area contributed by atoms with E-state index in [0.717, 1.165) is 28.3 Å². The number of fused-ring (bicyclic) bond motifs is 1. The molecule has 4 heteroatoms. The second-order valence-corrected chi connectivity index (χ2v) is 4.82. The third-order valence-corrected chi connectivity index (χ3v) is 3.35. The third-order valence-electron chi connectivity index (χ3n) is 3.35. The van der Waals surface area contributed by atoms with Gasteiger partial charge in [0.25, 0.3) is 0 Å². The van der Waals surface area contributed by atoms with Crippen LogP contribution < -0.4 is 9.47 Å². The average Bonchev–Trinajstić information content (AvgIpc) is 3.17. The Labute approximate surface area is 122 Å². The largest absolute Gasteiger partial charge is 0.471 e. The molecule has 21 heavy (non-hydrogen) atoms. The van der Waals surface area contributed by atoms with E-state index in [2.05, 4.69) is 4.99 Å². The summed E-state index contributed by atoms with van der Waals surface area (Å²) in [6.07, 6.45) is 2.00. The summed E-state index contributed by atoms with van der Waals surface area (Å²) < 4.78 is 16.3. The highest BCUT2D eigenvalue weighted by Crippen LogP contribution is 2.33. The Bertz CT molecular complexity index is 735. The second-order valence-electron chi connectivity index (χ2n) is 4.82. The summed E-state index contributed by atoms with van der Waals surface area (Å²) in [5.74, 6) is 2.23. The SMILES string of the molecule is C(=C1COC(c2ccccc2)=N1)c1ccc2c(c1)OCO2. The quantitative estimate of drug-likeness (QED) is 0.847. The molecule has 0 fully saturated rings. The van der Waals surface area contributed by atoms with Crippen LogP contribution >= 0.6 is 0 Å². The number of aliphatic imine (C=N–C) groups is 1. The summed E-state index contributed by atoms with van der Waals surface area (Å²) in [5.41, 5.74) is 2.91. The second kappa shape index (κ2) is 4.98. The first-order valence-corrected chi connectivity index (χ1v) is 6.76. The van der Waals surface area contributed by atoms with Gasteiger partial charge in [-0.05, 0) is 35.9 Å². The monoisotopic (exact) mass is 279 g/mol. The van der Waals surface area contributed by atoms with Gasteiger partial charge in [0.05, 0.1) is 5.70 Å². The molecule has 2 heterocycles. The van der Waals surface area contributed by atoms with Gasteiger partial charge >= 0.3 is 0 Å². The predicted molar refractivity (Wildman–Crippen MR) is 79.5 cm³/mol. The molecule has 0 spiro atoms. The molecule has 2 aromatic carbocycles. The molecule has 0 bridgehead atoms. The van der Waals surface area contributed by atoms with Crippen molar-refractivity contribution in [3.05, 3.63) is 65.4 Å². The van der Waals surface area contributed by atoms with Crippen molar-refractivity contribution in [3.63, 3.8) is 0 Å². The van der Waals surface area contributed by atoms with Crippen molar-refractivity contribution in [2.75, 3.05) is 13.4 Å². The zero-order valence-electron chi connectivity index (χ0n) is 11.3. The lowest BCUT2D eigenvalue weighted by molar-refractivity contribution is 0.174. The van der Waals surface area contributed by atoms with E-state index < -0.39 is 0 Å². The topological polar surface area (TPSA) is 40.0 Å². The van der Waals surface area contributed by atoms with Gasteiger partial charge in [0, 0.05) is 5.56 Å². The van der Waals surface area contributed by atoms with E-state index in [-0.39, 0.29) is 6.79 Å². The summed E-state index contributed by atoms with van der Waals surface area (Å²) in [4.78, 5) is 4.53. The summed E-state index contributed by atoms with van der Waals surface area (Å²) in [5, 5.41) is 0. The standard InChI is InChI=1S/C17H13NO3/c1-2-4-13(5-3-1)17-18-14(10-19-17)8-12-6-7-15-16(9-12)21-11-20-15/h1-9H,10-11H2. The molecular formula is C17H13NO3. The van der Waals surface area contributed by atoms with Crippen molar-refractivity contribution in [3.8, 4) is 11.5 Å². The van der Waals surface area contributed by atoms with E-state index in [1.54, 1.807) is 0 Å². The van der Waals surface area contributed by atoms with E-state index in [1.807, 2.05) is 54.6 Å². The van der Waals surface area contributed by atoms with Crippen molar-refractivity contribution < 1.29 is 14.2 Å². The lowest BCUT2D eigenvalue weighted by Crippen LogP contribution is -1.99. The van der Waals surface area contributed by atoms with Gasteiger partial charge in [-0.1, -0.05) is 24.3 Å². The lowest BCUT2D eigenvalue weighted by Gasteiger charge is -1.99. The first-order chi connectivity index (χ1) is 10.4. The fraction of sp³-hybridized carbons (Fsp3) is 0.118. The van der Waals surface area contributed by atoms with Gasteiger partial charge in [0.15, 0.2) is 11.5 Å². The Hall–Kier alpha value is -2.75. The minimum Gasteiger partial charge on any atom is -0.471 e. The van der Waals surface area contributed by atoms with Crippen LogP contribution in [0.2, 0.25) is 0 Å². The van der Waals surface area contributed by atoms with E-state index in [1.165, 1.54) is 0 Å². The Morgan fingerprint density at radius 1 is 0.905 bits per heavy atom. The van der Waals surface area contributed by atoms with Crippen molar-refractivity contribution in [2.24, 2.45) is 4.99 Å². The molecule has 0 saturated heterocycles. The van der Waals surface area contributed by atoms with E-state index in [9.17, 15) is 0 Å². The zero-order valence-corrected chi connectivity index (χ0v) is 11.3. The van der Waals surface area contributed by atoms with Crippen molar-refractivity contribution >= 4 is 12.0 Å². The Morgan fingerprint density at radius 3 is 2.67 bits per heavy atom. The smallest absolute Gasteiger partial charge is 0.231 e. The zero-order chi connectivity index (χ0) is 14.1. The van der Waals surface area contributed by atoms with Gasteiger partial charge < -0.3 is 14.2 Å². The molecule has 0 saturated carbocycles. The van der Waals surface area contributed by atoms with Crippen LogP contribution in [0.5, 0.6) is 11.5 Å². The molecule has 0 amide bonds.